The highest BCUT2D eigenvalue weighted by Crippen LogP contribution is 2.47. The summed E-state index contributed by atoms with van der Waals surface area (Å²) in [4.78, 5) is 15.1. The van der Waals surface area contributed by atoms with Crippen LogP contribution in [0.15, 0.2) is 53.1 Å². The lowest BCUT2D eigenvalue weighted by Gasteiger charge is -2.26. The number of carbonyl (C=O) groups is 1. The van der Waals surface area contributed by atoms with Gasteiger partial charge in [0.15, 0.2) is 11.5 Å². The summed E-state index contributed by atoms with van der Waals surface area (Å²) in [5.74, 6) is 0.795. The number of methoxy groups -OCH3 is 1. The number of amides is 1. The van der Waals surface area contributed by atoms with Crippen LogP contribution in [0, 0.1) is 13.8 Å². The molecule has 168 valence electrons. The van der Waals surface area contributed by atoms with Gasteiger partial charge in [-0.05, 0) is 60.9 Å². The second-order valence-electron chi connectivity index (χ2n) is 8.18. The Balaban J connectivity index is 1.72. The van der Waals surface area contributed by atoms with Gasteiger partial charge < -0.3 is 24.3 Å². The molecular formula is C25H23N3O5. The van der Waals surface area contributed by atoms with Gasteiger partial charge in [-0.1, -0.05) is 12.1 Å². The molecular weight excluding hydrogens is 422 g/mol. The SMILES string of the molecule is COc1cc(C2c3c(-c4c(C)cc(C)cc4O)n[nH]c3C(=O)N2Cc2ccco2)ccc1O. The van der Waals surface area contributed by atoms with Gasteiger partial charge in [-0.15, -0.1) is 0 Å². The zero-order chi connectivity index (χ0) is 23.3. The van der Waals surface area contributed by atoms with E-state index < -0.39 is 6.04 Å². The number of furan rings is 1. The summed E-state index contributed by atoms with van der Waals surface area (Å²) in [5, 5.41) is 28.2. The Kier molecular flexibility index (Phi) is 4.85. The van der Waals surface area contributed by atoms with Crippen LogP contribution >= 0.6 is 0 Å². The average molecular weight is 445 g/mol. The van der Waals surface area contributed by atoms with Gasteiger partial charge in [-0.25, -0.2) is 0 Å². The van der Waals surface area contributed by atoms with Crippen molar-refractivity contribution in [3.63, 3.8) is 0 Å². The molecule has 8 nitrogen and oxygen atoms in total. The maximum atomic E-state index is 13.5. The van der Waals surface area contributed by atoms with E-state index in [4.69, 9.17) is 9.15 Å². The molecule has 2 aromatic carbocycles. The number of carbonyl (C=O) groups excluding carboxylic acids is 1. The van der Waals surface area contributed by atoms with E-state index in [1.165, 1.54) is 13.2 Å². The zero-order valence-corrected chi connectivity index (χ0v) is 18.4. The Hall–Kier alpha value is -4.20. The lowest BCUT2D eigenvalue weighted by molar-refractivity contribution is 0.0717. The van der Waals surface area contributed by atoms with E-state index in [9.17, 15) is 15.0 Å². The summed E-state index contributed by atoms with van der Waals surface area (Å²) < 4.78 is 10.8. The fraction of sp³-hybridized carbons (Fsp3) is 0.200. The van der Waals surface area contributed by atoms with Crippen molar-refractivity contribution in [2.75, 3.05) is 7.11 Å². The number of fused-ring (bicyclic) bond motifs is 1. The lowest BCUT2D eigenvalue weighted by Crippen LogP contribution is -2.29. The summed E-state index contributed by atoms with van der Waals surface area (Å²) in [6, 6.07) is 11.7. The minimum absolute atomic E-state index is 0.00261. The number of phenols is 2. The molecule has 0 bridgehead atoms. The predicted octanol–water partition coefficient (Wildman–Crippen LogP) is 4.45. The van der Waals surface area contributed by atoms with E-state index in [1.54, 1.807) is 35.4 Å². The molecule has 4 aromatic rings. The van der Waals surface area contributed by atoms with Crippen LogP contribution in [-0.4, -0.2) is 38.3 Å². The third-order valence-corrected chi connectivity index (χ3v) is 5.99. The maximum absolute atomic E-state index is 13.5. The summed E-state index contributed by atoms with van der Waals surface area (Å²) in [6.45, 7) is 4.05. The number of benzene rings is 2. The number of aromatic nitrogens is 2. The molecule has 1 atom stereocenters. The number of ether oxygens (including phenoxy) is 1. The van der Waals surface area contributed by atoms with Crippen LogP contribution < -0.4 is 4.74 Å². The number of phenolic OH excluding ortho intramolecular Hbond substituents is 2. The number of H-pyrrole nitrogens is 1. The molecule has 8 heteroatoms. The largest absolute Gasteiger partial charge is 0.507 e. The molecule has 0 aliphatic carbocycles. The van der Waals surface area contributed by atoms with Crippen molar-refractivity contribution >= 4 is 5.91 Å². The molecule has 0 spiro atoms. The molecule has 3 heterocycles. The standard InChI is InChI=1S/C25H23N3O5/c1-13-9-14(2)20(18(30)10-13)22-21-23(27-26-22)25(31)28(12-16-5-4-8-33-16)24(21)15-6-7-17(29)19(11-15)32-3/h4-11,24,29-30H,12H2,1-3H3,(H,26,27). The van der Waals surface area contributed by atoms with E-state index in [0.29, 0.717) is 34.0 Å². The summed E-state index contributed by atoms with van der Waals surface area (Å²) in [6.07, 6.45) is 1.56. The molecule has 0 fully saturated rings. The Morgan fingerprint density at radius 3 is 2.67 bits per heavy atom. The van der Waals surface area contributed by atoms with Crippen molar-refractivity contribution < 1.29 is 24.2 Å². The van der Waals surface area contributed by atoms with E-state index in [0.717, 1.165) is 16.7 Å². The van der Waals surface area contributed by atoms with Crippen LogP contribution in [0.1, 0.15) is 44.5 Å². The number of hydrogen-bond acceptors (Lipinski definition) is 6. The number of aryl methyl sites for hydroxylation is 2. The van der Waals surface area contributed by atoms with Gasteiger partial charge >= 0.3 is 0 Å². The van der Waals surface area contributed by atoms with Crippen LogP contribution in [0.3, 0.4) is 0 Å². The lowest BCUT2D eigenvalue weighted by atomic mass is 9.93. The first-order valence-corrected chi connectivity index (χ1v) is 10.5. The molecule has 5 rings (SSSR count). The highest BCUT2D eigenvalue weighted by atomic mass is 16.5. The van der Waals surface area contributed by atoms with Crippen molar-refractivity contribution in [1.29, 1.82) is 0 Å². The van der Waals surface area contributed by atoms with E-state index in [2.05, 4.69) is 10.2 Å². The van der Waals surface area contributed by atoms with Crippen molar-refractivity contribution in [1.82, 2.24) is 15.1 Å². The number of aromatic hydroxyl groups is 2. The molecule has 3 N–H and O–H groups in total. The van der Waals surface area contributed by atoms with Crippen LogP contribution in [0.2, 0.25) is 0 Å². The van der Waals surface area contributed by atoms with Crippen LogP contribution in [-0.2, 0) is 6.54 Å². The number of nitrogens with zero attached hydrogens (tertiary/aromatic N) is 2. The van der Waals surface area contributed by atoms with Crippen LogP contribution in [0.25, 0.3) is 11.3 Å². The number of rotatable bonds is 5. The average Bonchev–Trinajstić information content (AvgIpc) is 3.49. The fourth-order valence-electron chi connectivity index (χ4n) is 4.58. The zero-order valence-electron chi connectivity index (χ0n) is 18.4. The topological polar surface area (TPSA) is 112 Å². The molecule has 2 aromatic heterocycles. The van der Waals surface area contributed by atoms with Crippen LogP contribution in [0.4, 0.5) is 0 Å². The monoisotopic (exact) mass is 445 g/mol. The second-order valence-corrected chi connectivity index (χ2v) is 8.18. The minimum Gasteiger partial charge on any atom is -0.507 e. The molecule has 0 radical (unpaired) electrons. The second kappa shape index (κ2) is 7.74. The van der Waals surface area contributed by atoms with Crippen molar-refractivity contribution in [2.24, 2.45) is 0 Å². The van der Waals surface area contributed by atoms with E-state index >= 15 is 0 Å². The predicted molar refractivity (Wildman–Crippen MR) is 120 cm³/mol. The Morgan fingerprint density at radius 2 is 1.97 bits per heavy atom. The van der Waals surface area contributed by atoms with Gasteiger partial charge in [0.25, 0.3) is 5.91 Å². The highest BCUT2D eigenvalue weighted by Gasteiger charge is 2.43. The van der Waals surface area contributed by atoms with Gasteiger partial charge in [0.2, 0.25) is 0 Å². The van der Waals surface area contributed by atoms with Gasteiger partial charge in [-0.2, -0.15) is 5.10 Å². The fourth-order valence-corrected chi connectivity index (χ4v) is 4.58. The maximum Gasteiger partial charge on any atom is 0.273 e. The smallest absolute Gasteiger partial charge is 0.273 e. The number of hydrogen-bond donors (Lipinski definition) is 3. The first-order valence-electron chi connectivity index (χ1n) is 10.5. The number of aromatic amines is 1. The molecule has 1 aliphatic heterocycles. The summed E-state index contributed by atoms with van der Waals surface area (Å²) in [7, 11) is 1.47. The molecule has 1 unspecified atom stereocenters. The van der Waals surface area contributed by atoms with Gasteiger partial charge in [0.05, 0.1) is 26.0 Å². The van der Waals surface area contributed by atoms with Gasteiger partial charge in [-0.3, -0.25) is 9.89 Å². The molecule has 33 heavy (non-hydrogen) atoms. The van der Waals surface area contributed by atoms with E-state index in [1.807, 2.05) is 26.0 Å². The Labute approximate surface area is 190 Å². The molecule has 0 saturated heterocycles. The highest BCUT2D eigenvalue weighted by molar-refractivity contribution is 6.00. The van der Waals surface area contributed by atoms with Crippen LogP contribution in [0.5, 0.6) is 17.2 Å². The third-order valence-electron chi connectivity index (χ3n) is 5.99. The van der Waals surface area contributed by atoms with Gasteiger partial charge in [0, 0.05) is 11.1 Å². The molecule has 0 saturated carbocycles. The Morgan fingerprint density at radius 1 is 1.15 bits per heavy atom. The first-order chi connectivity index (χ1) is 15.9. The van der Waals surface area contributed by atoms with Crippen molar-refractivity contribution in [3.8, 4) is 28.5 Å². The van der Waals surface area contributed by atoms with Gasteiger partial charge in [0.1, 0.15) is 22.9 Å². The molecule has 1 amide bonds. The number of nitrogens with one attached hydrogen (secondary N) is 1. The normalized spacial score (nSPS) is 15.2. The quantitative estimate of drug-likeness (QED) is 0.418. The van der Waals surface area contributed by atoms with Crippen molar-refractivity contribution in [2.45, 2.75) is 26.4 Å². The van der Waals surface area contributed by atoms with Crippen molar-refractivity contribution in [3.05, 3.63) is 82.4 Å². The minimum atomic E-state index is -0.541. The summed E-state index contributed by atoms with van der Waals surface area (Å²) in [5.41, 5.74) is 4.59. The summed E-state index contributed by atoms with van der Waals surface area (Å²) >= 11 is 0. The first kappa shape index (κ1) is 20.7. The van der Waals surface area contributed by atoms with E-state index in [-0.39, 0.29) is 24.0 Å². The third kappa shape index (κ3) is 3.31. The Bertz CT molecular complexity index is 1330. The molecule has 1 aliphatic rings.